The van der Waals surface area contributed by atoms with Gasteiger partial charge in [-0.3, -0.25) is 9.59 Å². The Labute approximate surface area is 190 Å². The van der Waals surface area contributed by atoms with Crippen molar-refractivity contribution in [2.75, 3.05) is 13.2 Å². The zero-order chi connectivity index (χ0) is 22.9. The van der Waals surface area contributed by atoms with Gasteiger partial charge in [0.25, 0.3) is 5.91 Å². The van der Waals surface area contributed by atoms with Crippen molar-refractivity contribution < 1.29 is 14.3 Å². The van der Waals surface area contributed by atoms with Crippen molar-refractivity contribution in [3.05, 3.63) is 78.4 Å². The predicted octanol–water partition coefficient (Wildman–Crippen LogP) is 4.80. The lowest BCUT2D eigenvalue weighted by Gasteiger charge is -2.31. The zero-order valence-electron chi connectivity index (χ0n) is 19.1. The molecule has 1 atom stereocenters. The molecule has 0 saturated heterocycles. The number of fused-ring (bicyclic) bond motifs is 1. The zero-order valence-corrected chi connectivity index (χ0v) is 19.1. The van der Waals surface area contributed by atoms with E-state index in [0.29, 0.717) is 31.2 Å². The predicted molar refractivity (Wildman–Crippen MR) is 128 cm³/mol. The summed E-state index contributed by atoms with van der Waals surface area (Å²) in [6, 6.07) is 22.9. The first kappa shape index (κ1) is 23.3. The van der Waals surface area contributed by atoms with Crippen LogP contribution in [0.15, 0.2) is 72.8 Å². The van der Waals surface area contributed by atoms with Gasteiger partial charge in [-0.25, -0.2) is 0 Å². The number of nitrogens with zero attached hydrogens (tertiary/aromatic N) is 1. The molecule has 5 nitrogen and oxygen atoms in total. The molecule has 0 aliphatic heterocycles. The number of ether oxygens (including phenoxy) is 1. The number of hydrogen-bond acceptors (Lipinski definition) is 3. The lowest BCUT2D eigenvalue weighted by atomic mass is 10.1. The van der Waals surface area contributed by atoms with Crippen LogP contribution < -0.4 is 10.1 Å². The number of carbonyl (C=O) groups excluding carboxylic acids is 2. The number of nitrogens with one attached hydrogen (secondary N) is 1. The van der Waals surface area contributed by atoms with E-state index < -0.39 is 6.04 Å². The van der Waals surface area contributed by atoms with E-state index in [1.807, 2.05) is 93.6 Å². The summed E-state index contributed by atoms with van der Waals surface area (Å²) < 4.78 is 5.95. The van der Waals surface area contributed by atoms with Crippen LogP contribution in [0.2, 0.25) is 0 Å². The topological polar surface area (TPSA) is 58.6 Å². The van der Waals surface area contributed by atoms with Crippen molar-refractivity contribution in [3.63, 3.8) is 0 Å². The molecule has 0 heterocycles. The number of benzene rings is 3. The minimum absolute atomic E-state index is 0.129. The second-order valence-electron chi connectivity index (χ2n) is 8.34. The van der Waals surface area contributed by atoms with Crippen molar-refractivity contribution in [2.24, 2.45) is 5.92 Å². The molecular formula is C27H32N2O3. The first-order chi connectivity index (χ1) is 15.5. The molecule has 168 valence electrons. The molecule has 1 N–H and O–H groups in total. The molecule has 32 heavy (non-hydrogen) atoms. The number of amides is 2. The van der Waals surface area contributed by atoms with Crippen molar-refractivity contribution >= 4 is 22.6 Å². The van der Waals surface area contributed by atoms with E-state index in [-0.39, 0.29) is 18.4 Å². The van der Waals surface area contributed by atoms with Crippen LogP contribution in [0.5, 0.6) is 5.75 Å². The molecule has 3 aromatic carbocycles. The maximum atomic E-state index is 13.3. The molecule has 0 bridgehead atoms. The number of rotatable bonds is 10. The molecule has 3 aromatic rings. The van der Waals surface area contributed by atoms with Gasteiger partial charge in [-0.2, -0.15) is 0 Å². The summed E-state index contributed by atoms with van der Waals surface area (Å²) >= 11 is 0. The standard InChI is InChI=1S/C27H32N2O3/c1-4-24(27(31)28-17-20(2)3)29(18-21-11-6-5-7-12-21)26(30)19-32-25-16-10-14-22-13-8-9-15-23(22)25/h5-16,20,24H,4,17-19H2,1-3H3,(H,28,31)/t24-/m1/s1. The minimum atomic E-state index is -0.558. The Balaban J connectivity index is 1.79. The van der Waals surface area contributed by atoms with Crippen LogP contribution in [0.1, 0.15) is 32.8 Å². The van der Waals surface area contributed by atoms with Crippen molar-refractivity contribution in [1.82, 2.24) is 10.2 Å². The average molecular weight is 433 g/mol. The Kier molecular flexibility index (Phi) is 8.26. The smallest absolute Gasteiger partial charge is 0.261 e. The first-order valence-electron chi connectivity index (χ1n) is 11.2. The van der Waals surface area contributed by atoms with Gasteiger partial charge in [0.05, 0.1) is 0 Å². The van der Waals surface area contributed by atoms with Gasteiger partial charge in [-0.05, 0) is 29.4 Å². The average Bonchev–Trinajstić information content (AvgIpc) is 2.81. The third-order valence-corrected chi connectivity index (χ3v) is 5.37. The second-order valence-corrected chi connectivity index (χ2v) is 8.34. The maximum Gasteiger partial charge on any atom is 0.261 e. The Hall–Kier alpha value is -3.34. The van der Waals surface area contributed by atoms with E-state index in [4.69, 9.17) is 4.74 Å². The van der Waals surface area contributed by atoms with Gasteiger partial charge in [0, 0.05) is 18.5 Å². The third kappa shape index (κ3) is 6.10. The van der Waals surface area contributed by atoms with Crippen LogP contribution in [-0.2, 0) is 16.1 Å². The molecule has 0 saturated carbocycles. The summed E-state index contributed by atoms with van der Waals surface area (Å²) in [6.07, 6.45) is 0.525. The summed E-state index contributed by atoms with van der Waals surface area (Å²) in [5, 5.41) is 4.99. The molecule has 0 unspecified atom stereocenters. The Morgan fingerprint density at radius 3 is 2.34 bits per heavy atom. The third-order valence-electron chi connectivity index (χ3n) is 5.37. The van der Waals surface area contributed by atoms with Gasteiger partial charge >= 0.3 is 0 Å². The summed E-state index contributed by atoms with van der Waals surface area (Å²) in [5.41, 5.74) is 0.973. The quantitative estimate of drug-likeness (QED) is 0.501. The van der Waals surface area contributed by atoms with Crippen molar-refractivity contribution in [1.29, 1.82) is 0 Å². The number of carbonyl (C=O) groups is 2. The van der Waals surface area contributed by atoms with Gasteiger partial charge < -0.3 is 15.0 Å². The maximum absolute atomic E-state index is 13.3. The van der Waals surface area contributed by atoms with Crippen LogP contribution in [-0.4, -0.2) is 35.9 Å². The summed E-state index contributed by atoms with van der Waals surface area (Å²) in [4.78, 5) is 27.9. The fourth-order valence-corrected chi connectivity index (χ4v) is 3.67. The SMILES string of the molecule is CC[C@H](C(=O)NCC(C)C)N(Cc1ccccc1)C(=O)COc1cccc2ccccc12. The van der Waals surface area contributed by atoms with Crippen LogP contribution in [0.4, 0.5) is 0 Å². The Bertz CT molecular complexity index is 1030. The van der Waals surface area contributed by atoms with E-state index in [0.717, 1.165) is 16.3 Å². The monoisotopic (exact) mass is 432 g/mol. The highest BCUT2D eigenvalue weighted by atomic mass is 16.5. The molecule has 0 radical (unpaired) electrons. The second kappa shape index (κ2) is 11.3. The lowest BCUT2D eigenvalue weighted by Crippen LogP contribution is -2.50. The van der Waals surface area contributed by atoms with Crippen LogP contribution in [0, 0.1) is 5.92 Å². The highest BCUT2D eigenvalue weighted by Gasteiger charge is 2.29. The molecule has 3 rings (SSSR count). The first-order valence-corrected chi connectivity index (χ1v) is 11.2. The normalized spacial score (nSPS) is 11.9. The molecular weight excluding hydrogens is 400 g/mol. The van der Waals surface area contributed by atoms with E-state index >= 15 is 0 Å². The van der Waals surface area contributed by atoms with Gasteiger partial charge in [0.15, 0.2) is 6.61 Å². The van der Waals surface area contributed by atoms with Crippen LogP contribution in [0.25, 0.3) is 10.8 Å². The Morgan fingerprint density at radius 1 is 0.938 bits per heavy atom. The summed E-state index contributed by atoms with van der Waals surface area (Å²) in [5.74, 6) is 0.654. The molecule has 0 fully saturated rings. The van der Waals surface area contributed by atoms with Crippen LogP contribution >= 0.6 is 0 Å². The molecule has 5 heteroatoms. The van der Waals surface area contributed by atoms with Gasteiger partial charge in [0.2, 0.25) is 5.91 Å². The highest BCUT2D eigenvalue weighted by molar-refractivity contribution is 5.90. The molecule has 0 aromatic heterocycles. The molecule has 0 spiro atoms. The highest BCUT2D eigenvalue weighted by Crippen LogP contribution is 2.25. The molecule has 0 aliphatic carbocycles. The van der Waals surface area contributed by atoms with Crippen molar-refractivity contribution in [2.45, 2.75) is 39.8 Å². The largest absolute Gasteiger partial charge is 0.483 e. The fraction of sp³-hybridized carbons (Fsp3) is 0.333. The molecule has 2 amide bonds. The Morgan fingerprint density at radius 2 is 1.62 bits per heavy atom. The summed E-state index contributed by atoms with van der Waals surface area (Å²) in [6.45, 7) is 6.82. The number of hydrogen-bond donors (Lipinski definition) is 1. The minimum Gasteiger partial charge on any atom is -0.483 e. The summed E-state index contributed by atoms with van der Waals surface area (Å²) in [7, 11) is 0. The van der Waals surface area contributed by atoms with E-state index in [1.165, 1.54) is 0 Å². The van der Waals surface area contributed by atoms with Crippen molar-refractivity contribution in [3.8, 4) is 5.75 Å². The van der Waals surface area contributed by atoms with Gasteiger partial charge in [0.1, 0.15) is 11.8 Å². The van der Waals surface area contributed by atoms with Gasteiger partial charge in [-0.1, -0.05) is 87.5 Å². The van der Waals surface area contributed by atoms with Gasteiger partial charge in [-0.15, -0.1) is 0 Å². The molecule has 0 aliphatic rings. The van der Waals surface area contributed by atoms with Crippen LogP contribution in [0.3, 0.4) is 0 Å². The van der Waals surface area contributed by atoms with E-state index in [2.05, 4.69) is 5.32 Å². The van der Waals surface area contributed by atoms with E-state index in [1.54, 1.807) is 4.90 Å². The fourth-order valence-electron chi connectivity index (χ4n) is 3.67. The van der Waals surface area contributed by atoms with E-state index in [9.17, 15) is 9.59 Å². The lowest BCUT2D eigenvalue weighted by molar-refractivity contribution is -0.143.